The molecule has 0 bridgehead atoms. The van der Waals surface area contributed by atoms with Crippen LogP contribution >= 0.6 is 0 Å². The predicted octanol–water partition coefficient (Wildman–Crippen LogP) is 4.60. The van der Waals surface area contributed by atoms with E-state index in [-0.39, 0.29) is 0 Å². The van der Waals surface area contributed by atoms with E-state index in [4.69, 9.17) is 0 Å². The molecule has 4 nitrogen and oxygen atoms in total. The molecule has 0 unspecified atom stereocenters. The zero-order valence-corrected chi connectivity index (χ0v) is 13.2. The minimum absolute atomic E-state index is 0.458. The summed E-state index contributed by atoms with van der Waals surface area (Å²) in [6.45, 7) is 2.08. The Balaban J connectivity index is 1.62. The zero-order chi connectivity index (χ0) is 16.9. The molecule has 0 spiro atoms. The van der Waals surface area contributed by atoms with Gasteiger partial charge in [-0.3, -0.25) is 0 Å². The Bertz CT molecular complexity index is 692. The quantitative estimate of drug-likeness (QED) is 0.863. The molecule has 24 heavy (non-hydrogen) atoms. The number of urea groups is 1. The summed E-state index contributed by atoms with van der Waals surface area (Å²) in [4.78, 5) is 14.2. The Kier molecular flexibility index (Phi) is 4.93. The van der Waals surface area contributed by atoms with Crippen LogP contribution in [0, 0.1) is 11.6 Å². The highest BCUT2D eigenvalue weighted by atomic mass is 19.1. The molecule has 1 aliphatic heterocycles. The first-order valence-corrected chi connectivity index (χ1v) is 8.00. The van der Waals surface area contributed by atoms with Crippen molar-refractivity contribution in [1.29, 1.82) is 0 Å². The number of amides is 2. The number of carbonyl (C=O) groups excluding carboxylic acids is 1. The van der Waals surface area contributed by atoms with Crippen LogP contribution in [0.2, 0.25) is 0 Å². The first-order valence-electron chi connectivity index (χ1n) is 8.00. The van der Waals surface area contributed by atoms with Gasteiger partial charge >= 0.3 is 6.03 Å². The third-order valence-corrected chi connectivity index (χ3v) is 4.05. The molecular weight excluding hydrogens is 312 g/mol. The maximum atomic E-state index is 13.5. The molecule has 2 aromatic rings. The molecule has 0 aliphatic carbocycles. The van der Waals surface area contributed by atoms with Gasteiger partial charge in [0, 0.05) is 24.5 Å². The monoisotopic (exact) mass is 331 g/mol. The number of anilines is 3. The van der Waals surface area contributed by atoms with Gasteiger partial charge in [-0.1, -0.05) is 6.07 Å². The molecule has 1 fully saturated rings. The second-order valence-corrected chi connectivity index (χ2v) is 5.77. The lowest BCUT2D eigenvalue weighted by Gasteiger charge is -2.28. The van der Waals surface area contributed by atoms with Crippen molar-refractivity contribution in [2.75, 3.05) is 28.6 Å². The molecule has 3 rings (SSSR count). The van der Waals surface area contributed by atoms with Gasteiger partial charge in [0.15, 0.2) is 0 Å². The van der Waals surface area contributed by atoms with Gasteiger partial charge in [0.1, 0.15) is 17.3 Å². The van der Waals surface area contributed by atoms with Crippen LogP contribution in [0.25, 0.3) is 0 Å². The van der Waals surface area contributed by atoms with Gasteiger partial charge in [-0.2, -0.15) is 0 Å². The smallest absolute Gasteiger partial charge is 0.323 e. The molecule has 1 heterocycles. The molecule has 2 N–H and O–H groups in total. The summed E-state index contributed by atoms with van der Waals surface area (Å²) < 4.78 is 27.0. The number of halogens is 2. The third-order valence-electron chi connectivity index (χ3n) is 4.05. The fraction of sp³-hybridized carbons (Fsp3) is 0.278. The molecule has 2 aromatic carbocycles. The van der Waals surface area contributed by atoms with Crippen molar-refractivity contribution in [2.45, 2.75) is 19.3 Å². The van der Waals surface area contributed by atoms with Crippen LogP contribution in [0.5, 0.6) is 0 Å². The maximum absolute atomic E-state index is 13.5. The fourth-order valence-electron chi connectivity index (χ4n) is 2.80. The van der Waals surface area contributed by atoms with Crippen LogP contribution < -0.4 is 15.5 Å². The SMILES string of the molecule is O=C(Nc1ccc(N2CCCCC2)cc1)Nc1c(F)cccc1F. The lowest BCUT2D eigenvalue weighted by Crippen LogP contribution is -2.29. The summed E-state index contributed by atoms with van der Waals surface area (Å²) in [6.07, 6.45) is 3.65. The minimum atomic E-state index is -0.814. The third kappa shape index (κ3) is 3.82. The number of piperidine rings is 1. The lowest BCUT2D eigenvalue weighted by molar-refractivity contribution is 0.262. The van der Waals surface area contributed by atoms with Crippen molar-refractivity contribution in [2.24, 2.45) is 0 Å². The molecule has 0 atom stereocenters. The zero-order valence-electron chi connectivity index (χ0n) is 13.2. The largest absolute Gasteiger partial charge is 0.372 e. The second-order valence-electron chi connectivity index (χ2n) is 5.77. The van der Waals surface area contributed by atoms with Crippen molar-refractivity contribution >= 4 is 23.1 Å². The van der Waals surface area contributed by atoms with Crippen molar-refractivity contribution in [3.8, 4) is 0 Å². The van der Waals surface area contributed by atoms with Crippen molar-refractivity contribution in [3.05, 3.63) is 54.1 Å². The molecular formula is C18H19F2N3O. The Morgan fingerprint density at radius 1 is 0.875 bits per heavy atom. The molecule has 1 aliphatic rings. The summed E-state index contributed by atoms with van der Waals surface area (Å²) in [5.41, 5.74) is 1.21. The number of hydrogen-bond donors (Lipinski definition) is 2. The van der Waals surface area contributed by atoms with E-state index < -0.39 is 23.4 Å². The Morgan fingerprint density at radius 3 is 2.12 bits per heavy atom. The lowest BCUT2D eigenvalue weighted by atomic mass is 10.1. The van der Waals surface area contributed by atoms with Gasteiger partial charge < -0.3 is 15.5 Å². The van der Waals surface area contributed by atoms with E-state index in [9.17, 15) is 13.6 Å². The van der Waals surface area contributed by atoms with Gasteiger partial charge in [-0.25, -0.2) is 13.6 Å². The van der Waals surface area contributed by atoms with Crippen molar-refractivity contribution in [3.63, 3.8) is 0 Å². The number of rotatable bonds is 3. The van der Waals surface area contributed by atoms with Crippen molar-refractivity contribution < 1.29 is 13.6 Å². The van der Waals surface area contributed by atoms with Crippen LogP contribution in [-0.2, 0) is 0 Å². The van der Waals surface area contributed by atoms with Crippen LogP contribution in [-0.4, -0.2) is 19.1 Å². The Morgan fingerprint density at radius 2 is 1.50 bits per heavy atom. The van der Waals surface area contributed by atoms with Crippen LogP contribution in [0.1, 0.15) is 19.3 Å². The number of nitrogens with zero attached hydrogens (tertiary/aromatic N) is 1. The summed E-state index contributed by atoms with van der Waals surface area (Å²) in [5, 5.41) is 4.77. The average molecular weight is 331 g/mol. The molecule has 126 valence electrons. The van der Waals surface area contributed by atoms with Crippen molar-refractivity contribution in [1.82, 2.24) is 0 Å². The summed E-state index contributed by atoms with van der Waals surface area (Å²) in [5.74, 6) is -1.63. The number of carbonyl (C=O) groups is 1. The Hall–Kier alpha value is -2.63. The normalized spacial score (nSPS) is 14.3. The molecule has 0 saturated carbocycles. The van der Waals surface area contributed by atoms with E-state index >= 15 is 0 Å². The number of nitrogens with one attached hydrogen (secondary N) is 2. The number of hydrogen-bond acceptors (Lipinski definition) is 2. The van der Waals surface area contributed by atoms with E-state index in [0.717, 1.165) is 30.9 Å². The highest BCUT2D eigenvalue weighted by Gasteiger charge is 2.13. The average Bonchev–Trinajstić information content (AvgIpc) is 2.60. The summed E-state index contributed by atoms with van der Waals surface area (Å²) in [6, 6.07) is 10.2. The van der Waals surface area contributed by atoms with E-state index in [0.29, 0.717) is 5.69 Å². The molecule has 6 heteroatoms. The molecule has 0 aromatic heterocycles. The summed E-state index contributed by atoms with van der Waals surface area (Å²) in [7, 11) is 0. The molecule has 0 radical (unpaired) electrons. The van der Waals surface area contributed by atoms with Gasteiger partial charge in [-0.15, -0.1) is 0 Å². The van der Waals surface area contributed by atoms with E-state index in [1.807, 2.05) is 12.1 Å². The van der Waals surface area contributed by atoms with Crippen LogP contribution in [0.3, 0.4) is 0 Å². The number of para-hydroxylation sites is 1. The topological polar surface area (TPSA) is 44.4 Å². The van der Waals surface area contributed by atoms with E-state index in [1.165, 1.54) is 25.3 Å². The Labute approximate surface area is 139 Å². The maximum Gasteiger partial charge on any atom is 0.323 e. The fourth-order valence-corrected chi connectivity index (χ4v) is 2.80. The summed E-state index contributed by atoms with van der Waals surface area (Å²) >= 11 is 0. The van der Waals surface area contributed by atoms with E-state index in [2.05, 4.69) is 15.5 Å². The highest BCUT2D eigenvalue weighted by molar-refractivity contribution is 6.00. The first kappa shape index (κ1) is 16.2. The van der Waals surface area contributed by atoms with Crippen LogP contribution in [0.15, 0.2) is 42.5 Å². The molecule has 2 amide bonds. The van der Waals surface area contributed by atoms with Gasteiger partial charge in [0.25, 0.3) is 0 Å². The highest BCUT2D eigenvalue weighted by Crippen LogP contribution is 2.22. The van der Waals surface area contributed by atoms with Gasteiger partial charge in [0.2, 0.25) is 0 Å². The molecule has 1 saturated heterocycles. The van der Waals surface area contributed by atoms with Gasteiger partial charge in [0.05, 0.1) is 0 Å². The van der Waals surface area contributed by atoms with E-state index in [1.54, 1.807) is 12.1 Å². The number of benzene rings is 2. The first-order chi connectivity index (χ1) is 11.6. The minimum Gasteiger partial charge on any atom is -0.372 e. The standard InChI is InChI=1S/C18H19F2N3O/c19-15-5-4-6-16(20)17(15)22-18(24)21-13-7-9-14(10-8-13)23-11-2-1-3-12-23/h4-10H,1-3,11-12H2,(H2,21,22,24). The predicted molar refractivity (Wildman–Crippen MR) is 91.5 cm³/mol. The van der Waals surface area contributed by atoms with Crippen LogP contribution in [0.4, 0.5) is 30.6 Å². The van der Waals surface area contributed by atoms with Gasteiger partial charge in [-0.05, 0) is 55.7 Å². The second kappa shape index (κ2) is 7.29.